The quantitative estimate of drug-likeness (QED) is 0.807. The van der Waals surface area contributed by atoms with Crippen LogP contribution in [0.3, 0.4) is 0 Å². The highest BCUT2D eigenvalue weighted by atomic mass is 79.9. The Kier molecular flexibility index (Phi) is 3.66. The van der Waals surface area contributed by atoms with E-state index < -0.39 is 11.8 Å². The van der Waals surface area contributed by atoms with E-state index in [4.69, 9.17) is 10.8 Å². The van der Waals surface area contributed by atoms with Gasteiger partial charge in [-0.25, -0.2) is 14.2 Å². The van der Waals surface area contributed by atoms with Crippen molar-refractivity contribution in [3.8, 4) is 0 Å². The molecular weight excluding hydrogens is 317 g/mol. The van der Waals surface area contributed by atoms with Gasteiger partial charge in [0.1, 0.15) is 17.2 Å². The van der Waals surface area contributed by atoms with Crippen molar-refractivity contribution in [2.45, 2.75) is 0 Å². The minimum absolute atomic E-state index is 0.0803. The van der Waals surface area contributed by atoms with Crippen LogP contribution in [0.2, 0.25) is 0 Å². The zero-order valence-corrected chi connectivity index (χ0v) is 11.1. The molecule has 19 heavy (non-hydrogen) atoms. The first kappa shape index (κ1) is 13.3. The topological polar surface area (TPSA) is 88.2 Å². The van der Waals surface area contributed by atoms with Gasteiger partial charge in [0.05, 0.1) is 16.4 Å². The highest BCUT2D eigenvalue weighted by Crippen LogP contribution is 2.24. The van der Waals surface area contributed by atoms with Crippen molar-refractivity contribution < 1.29 is 14.3 Å². The third kappa shape index (κ3) is 3.00. The molecule has 0 amide bonds. The number of carboxylic acid groups (broad SMARTS) is 1. The lowest BCUT2D eigenvalue weighted by molar-refractivity contribution is 0.0697. The van der Waals surface area contributed by atoms with E-state index in [1.165, 1.54) is 24.4 Å². The number of carboxylic acids is 1. The zero-order valence-electron chi connectivity index (χ0n) is 9.52. The highest BCUT2D eigenvalue weighted by Gasteiger charge is 2.12. The van der Waals surface area contributed by atoms with Gasteiger partial charge in [0.15, 0.2) is 0 Å². The van der Waals surface area contributed by atoms with Gasteiger partial charge in [-0.15, -0.1) is 0 Å². The molecular formula is C12H9BrFN3O2. The van der Waals surface area contributed by atoms with E-state index in [-0.39, 0.29) is 17.1 Å². The van der Waals surface area contributed by atoms with E-state index in [2.05, 4.69) is 26.2 Å². The molecule has 0 fully saturated rings. The maximum atomic E-state index is 13.4. The smallest absolute Gasteiger partial charge is 0.339 e. The third-order valence-electron chi connectivity index (χ3n) is 2.32. The highest BCUT2D eigenvalue weighted by molar-refractivity contribution is 9.10. The second-order valence-corrected chi connectivity index (χ2v) is 4.58. The second-order valence-electron chi connectivity index (χ2n) is 3.72. The fraction of sp³-hybridized carbons (Fsp3) is 0. The van der Waals surface area contributed by atoms with Gasteiger partial charge in [0.25, 0.3) is 0 Å². The van der Waals surface area contributed by atoms with E-state index in [1.54, 1.807) is 6.07 Å². The lowest BCUT2D eigenvalue weighted by Crippen LogP contribution is -2.06. The Morgan fingerprint density at radius 2 is 2.16 bits per heavy atom. The molecule has 4 N–H and O–H groups in total. The van der Waals surface area contributed by atoms with Crippen LogP contribution in [0.25, 0.3) is 0 Å². The van der Waals surface area contributed by atoms with E-state index in [1.807, 2.05) is 0 Å². The largest absolute Gasteiger partial charge is 0.478 e. The number of nitrogen functional groups attached to an aromatic ring is 1. The minimum atomic E-state index is -1.17. The van der Waals surface area contributed by atoms with Crippen LogP contribution in [0, 0.1) is 5.82 Å². The Labute approximate surface area is 116 Å². The fourth-order valence-corrected chi connectivity index (χ4v) is 1.70. The van der Waals surface area contributed by atoms with Crippen LogP contribution in [0.15, 0.2) is 34.9 Å². The van der Waals surface area contributed by atoms with Gasteiger partial charge in [0, 0.05) is 5.69 Å². The van der Waals surface area contributed by atoms with Crippen molar-refractivity contribution in [3.63, 3.8) is 0 Å². The maximum absolute atomic E-state index is 13.4. The Morgan fingerprint density at radius 1 is 1.42 bits per heavy atom. The molecule has 0 aliphatic heterocycles. The van der Waals surface area contributed by atoms with Crippen LogP contribution in [0.5, 0.6) is 0 Å². The van der Waals surface area contributed by atoms with Crippen molar-refractivity contribution in [3.05, 3.63) is 46.3 Å². The molecule has 2 rings (SSSR count). The number of hydrogen-bond acceptors (Lipinski definition) is 4. The summed E-state index contributed by atoms with van der Waals surface area (Å²) in [6, 6.07) is 5.62. The minimum Gasteiger partial charge on any atom is -0.478 e. The molecule has 5 nitrogen and oxygen atoms in total. The summed E-state index contributed by atoms with van der Waals surface area (Å²) in [7, 11) is 0. The first-order valence-electron chi connectivity index (χ1n) is 5.18. The molecule has 98 valence electrons. The Bertz CT molecular complexity index is 649. The Balaban J connectivity index is 2.37. The number of benzene rings is 1. The first-order chi connectivity index (χ1) is 8.97. The van der Waals surface area contributed by atoms with Crippen LogP contribution < -0.4 is 11.1 Å². The normalized spacial score (nSPS) is 10.2. The number of aromatic nitrogens is 1. The van der Waals surface area contributed by atoms with Crippen LogP contribution >= 0.6 is 15.9 Å². The fourth-order valence-electron chi connectivity index (χ4n) is 1.45. The number of pyridine rings is 1. The molecule has 2 aromatic rings. The molecule has 0 spiro atoms. The molecule has 1 aromatic heterocycles. The number of hydrogen-bond donors (Lipinski definition) is 3. The van der Waals surface area contributed by atoms with E-state index in [9.17, 15) is 9.18 Å². The molecule has 1 aromatic carbocycles. The molecule has 0 bridgehead atoms. The second kappa shape index (κ2) is 5.23. The number of rotatable bonds is 3. The van der Waals surface area contributed by atoms with Gasteiger partial charge >= 0.3 is 5.97 Å². The number of carbonyl (C=O) groups is 1. The SMILES string of the molecule is Nc1cnc(Nc2ccc(Br)c(F)c2)c(C(=O)O)c1. The number of nitrogens with zero attached hydrogens (tertiary/aromatic N) is 1. The monoisotopic (exact) mass is 325 g/mol. The summed E-state index contributed by atoms with van der Waals surface area (Å²) in [6.07, 6.45) is 1.32. The van der Waals surface area contributed by atoms with Gasteiger partial charge in [0.2, 0.25) is 0 Å². The average molecular weight is 326 g/mol. The molecule has 0 saturated carbocycles. The molecule has 0 aliphatic rings. The van der Waals surface area contributed by atoms with Gasteiger partial charge in [-0.05, 0) is 40.2 Å². The molecule has 0 atom stereocenters. The van der Waals surface area contributed by atoms with Crippen LogP contribution in [-0.4, -0.2) is 16.1 Å². The summed E-state index contributed by atoms with van der Waals surface area (Å²) < 4.78 is 13.7. The zero-order chi connectivity index (χ0) is 14.0. The van der Waals surface area contributed by atoms with E-state index in [0.29, 0.717) is 10.2 Å². The predicted octanol–water partition coefficient (Wildman–Crippen LogP) is 3.01. The summed E-state index contributed by atoms with van der Waals surface area (Å²) in [5.41, 5.74) is 6.03. The van der Waals surface area contributed by atoms with Gasteiger partial charge in [-0.2, -0.15) is 0 Å². The molecule has 0 aliphatic carbocycles. The number of nitrogens with one attached hydrogen (secondary N) is 1. The van der Waals surface area contributed by atoms with Crippen LogP contribution in [0.1, 0.15) is 10.4 Å². The van der Waals surface area contributed by atoms with Crippen molar-refractivity contribution in [1.82, 2.24) is 4.98 Å². The average Bonchev–Trinajstić information content (AvgIpc) is 2.36. The summed E-state index contributed by atoms with van der Waals surface area (Å²) in [6.45, 7) is 0. The van der Waals surface area contributed by atoms with Crippen LogP contribution in [0.4, 0.5) is 21.6 Å². The molecule has 0 radical (unpaired) electrons. The number of nitrogens with two attached hydrogens (primary N) is 1. The number of aromatic carboxylic acids is 1. The summed E-state index contributed by atoms with van der Waals surface area (Å²) in [4.78, 5) is 15.0. The lowest BCUT2D eigenvalue weighted by Gasteiger charge is -2.09. The van der Waals surface area contributed by atoms with Crippen LogP contribution in [-0.2, 0) is 0 Å². The van der Waals surface area contributed by atoms with Crippen molar-refractivity contribution in [2.24, 2.45) is 0 Å². The number of halogens is 2. The lowest BCUT2D eigenvalue weighted by atomic mass is 10.2. The van der Waals surface area contributed by atoms with Crippen molar-refractivity contribution in [2.75, 3.05) is 11.1 Å². The van der Waals surface area contributed by atoms with Crippen molar-refractivity contribution in [1.29, 1.82) is 0 Å². The predicted molar refractivity (Wildman–Crippen MR) is 73.0 cm³/mol. The van der Waals surface area contributed by atoms with Crippen molar-refractivity contribution >= 4 is 39.1 Å². The maximum Gasteiger partial charge on any atom is 0.339 e. The first-order valence-corrected chi connectivity index (χ1v) is 5.97. The molecule has 1 heterocycles. The number of anilines is 3. The summed E-state index contributed by atoms with van der Waals surface area (Å²) in [5.74, 6) is -1.53. The summed E-state index contributed by atoms with van der Waals surface area (Å²) in [5, 5.41) is 11.8. The molecule has 0 unspecified atom stereocenters. The Hall–Kier alpha value is -2.15. The molecule has 7 heteroatoms. The van der Waals surface area contributed by atoms with E-state index >= 15 is 0 Å². The van der Waals surface area contributed by atoms with Gasteiger partial charge < -0.3 is 16.2 Å². The third-order valence-corrected chi connectivity index (χ3v) is 2.96. The molecule has 0 saturated heterocycles. The van der Waals surface area contributed by atoms with Gasteiger partial charge in [-0.3, -0.25) is 0 Å². The summed E-state index contributed by atoms with van der Waals surface area (Å²) >= 11 is 3.03. The van der Waals surface area contributed by atoms with Gasteiger partial charge in [-0.1, -0.05) is 0 Å². The standard InChI is InChI=1S/C12H9BrFN3O2/c13-9-2-1-7(4-10(9)14)17-11-8(12(18)19)3-6(15)5-16-11/h1-5H,15H2,(H,16,17)(H,18,19). The Morgan fingerprint density at radius 3 is 2.79 bits per heavy atom. The van der Waals surface area contributed by atoms with E-state index in [0.717, 1.165) is 0 Å².